The molecule has 0 spiro atoms. The topological polar surface area (TPSA) is 45.8 Å². The van der Waals surface area contributed by atoms with Crippen LogP contribution >= 0.6 is 11.6 Å². The van der Waals surface area contributed by atoms with Crippen molar-refractivity contribution in [3.8, 4) is 11.3 Å². The lowest BCUT2D eigenvalue weighted by Gasteiger charge is -1.98. The molecule has 0 unspecified atom stereocenters. The fraction of sp³-hybridized carbons (Fsp3) is 0. The average Bonchev–Trinajstić information content (AvgIpc) is 2.67. The van der Waals surface area contributed by atoms with Crippen molar-refractivity contribution in [1.82, 2.24) is 9.97 Å². The number of aromatic nitrogens is 2. The van der Waals surface area contributed by atoms with Gasteiger partial charge in [-0.05, 0) is 6.07 Å². The Morgan fingerprint density at radius 3 is 2.79 bits per heavy atom. The fourth-order valence-corrected chi connectivity index (χ4v) is 1.45. The van der Waals surface area contributed by atoms with Crippen molar-refractivity contribution in [3.63, 3.8) is 0 Å². The smallest absolute Gasteiger partial charge is 0.185 e. The lowest BCUT2D eigenvalue weighted by atomic mass is 10.2. The van der Waals surface area contributed by atoms with Crippen molar-refractivity contribution < 1.29 is 4.79 Å². The number of carbonyl (C=O) groups is 1. The van der Waals surface area contributed by atoms with Crippen LogP contribution in [0.15, 0.2) is 30.5 Å². The van der Waals surface area contributed by atoms with Gasteiger partial charge in [-0.25, -0.2) is 4.98 Å². The first kappa shape index (κ1) is 8.97. The molecule has 3 nitrogen and oxygen atoms in total. The zero-order valence-electron chi connectivity index (χ0n) is 7.20. The van der Waals surface area contributed by atoms with Gasteiger partial charge in [0.1, 0.15) is 0 Å². The molecule has 1 heterocycles. The van der Waals surface area contributed by atoms with Crippen LogP contribution in [-0.2, 0) is 0 Å². The number of imidazole rings is 1. The first-order valence-electron chi connectivity index (χ1n) is 4.06. The van der Waals surface area contributed by atoms with Gasteiger partial charge in [0, 0.05) is 10.6 Å². The molecular formula is C10H7ClN2O. The minimum Gasteiger partial charge on any atom is -0.336 e. The number of H-pyrrole nitrogens is 1. The molecule has 14 heavy (non-hydrogen) atoms. The molecule has 0 aliphatic heterocycles. The number of aromatic amines is 1. The Kier molecular flexibility index (Phi) is 2.33. The molecule has 0 amide bonds. The highest BCUT2D eigenvalue weighted by molar-refractivity contribution is 6.33. The summed E-state index contributed by atoms with van der Waals surface area (Å²) >= 11 is 5.98. The summed E-state index contributed by atoms with van der Waals surface area (Å²) in [5, 5.41) is 0.633. The third-order valence-electron chi connectivity index (χ3n) is 1.87. The van der Waals surface area contributed by atoms with Crippen molar-refractivity contribution >= 4 is 17.9 Å². The van der Waals surface area contributed by atoms with Crippen molar-refractivity contribution in [2.75, 3.05) is 0 Å². The van der Waals surface area contributed by atoms with Gasteiger partial charge < -0.3 is 4.98 Å². The van der Waals surface area contributed by atoms with Gasteiger partial charge in [-0.3, -0.25) is 4.79 Å². The molecule has 0 aliphatic rings. The maximum atomic E-state index is 10.4. The Labute approximate surface area is 85.7 Å². The lowest BCUT2D eigenvalue weighted by molar-refractivity contribution is 0.111. The molecule has 1 aromatic carbocycles. The SMILES string of the molecule is O=Cc1ncc(-c2ccccc2Cl)[nH]1. The Morgan fingerprint density at radius 1 is 1.36 bits per heavy atom. The van der Waals surface area contributed by atoms with E-state index in [1.807, 2.05) is 18.2 Å². The molecule has 1 aromatic heterocycles. The van der Waals surface area contributed by atoms with Crippen molar-refractivity contribution in [3.05, 3.63) is 41.3 Å². The first-order chi connectivity index (χ1) is 6.81. The fourth-order valence-electron chi connectivity index (χ4n) is 1.21. The maximum absolute atomic E-state index is 10.4. The summed E-state index contributed by atoms with van der Waals surface area (Å²) in [5.74, 6) is 0.305. The predicted octanol–water partition coefficient (Wildman–Crippen LogP) is 2.54. The average molecular weight is 207 g/mol. The van der Waals surface area contributed by atoms with Crippen LogP contribution in [0.1, 0.15) is 10.6 Å². The van der Waals surface area contributed by atoms with Crippen molar-refractivity contribution in [2.45, 2.75) is 0 Å². The number of rotatable bonds is 2. The molecule has 0 aliphatic carbocycles. The third-order valence-corrected chi connectivity index (χ3v) is 2.20. The quantitative estimate of drug-likeness (QED) is 0.768. The van der Waals surface area contributed by atoms with Gasteiger partial charge in [-0.1, -0.05) is 29.8 Å². The summed E-state index contributed by atoms with van der Waals surface area (Å²) in [6.07, 6.45) is 2.26. The van der Waals surface area contributed by atoms with Crippen LogP contribution in [0, 0.1) is 0 Å². The van der Waals surface area contributed by atoms with Gasteiger partial charge in [0.15, 0.2) is 12.1 Å². The van der Waals surface area contributed by atoms with Crippen LogP contribution in [0.2, 0.25) is 5.02 Å². The number of nitrogens with zero attached hydrogens (tertiary/aromatic N) is 1. The molecule has 4 heteroatoms. The van der Waals surface area contributed by atoms with Gasteiger partial charge in [0.25, 0.3) is 0 Å². The van der Waals surface area contributed by atoms with Gasteiger partial charge >= 0.3 is 0 Å². The number of halogens is 1. The van der Waals surface area contributed by atoms with Crippen molar-refractivity contribution in [2.24, 2.45) is 0 Å². The molecule has 1 N–H and O–H groups in total. The summed E-state index contributed by atoms with van der Waals surface area (Å²) in [6, 6.07) is 7.38. The number of hydrogen-bond acceptors (Lipinski definition) is 2. The van der Waals surface area contributed by atoms with Crippen LogP contribution in [0.3, 0.4) is 0 Å². The molecule has 0 saturated heterocycles. The first-order valence-corrected chi connectivity index (χ1v) is 4.44. The molecular weight excluding hydrogens is 200 g/mol. The number of nitrogens with one attached hydrogen (secondary N) is 1. The molecule has 0 fully saturated rings. The monoisotopic (exact) mass is 206 g/mol. The summed E-state index contributed by atoms with van der Waals surface area (Å²) < 4.78 is 0. The van der Waals surface area contributed by atoms with Crippen LogP contribution in [0.25, 0.3) is 11.3 Å². The third kappa shape index (κ3) is 1.54. The molecule has 2 aromatic rings. The zero-order chi connectivity index (χ0) is 9.97. The summed E-state index contributed by atoms with van der Waals surface area (Å²) in [7, 11) is 0. The molecule has 0 bridgehead atoms. The van der Waals surface area contributed by atoms with E-state index in [1.54, 1.807) is 12.3 Å². The minimum atomic E-state index is 0.305. The molecule has 0 atom stereocenters. The van der Waals surface area contributed by atoms with E-state index < -0.39 is 0 Å². The van der Waals surface area contributed by atoms with E-state index in [4.69, 9.17) is 11.6 Å². The van der Waals surface area contributed by atoms with Crippen LogP contribution in [0.4, 0.5) is 0 Å². The van der Waals surface area contributed by atoms with E-state index in [0.29, 0.717) is 17.1 Å². The second-order valence-electron chi connectivity index (χ2n) is 2.78. The summed E-state index contributed by atoms with van der Waals surface area (Å²) in [5.41, 5.74) is 1.59. The molecule has 0 saturated carbocycles. The van der Waals surface area contributed by atoms with E-state index in [9.17, 15) is 4.79 Å². The number of hydrogen-bond donors (Lipinski definition) is 1. The minimum absolute atomic E-state index is 0.305. The van der Waals surface area contributed by atoms with Crippen LogP contribution < -0.4 is 0 Å². The second-order valence-corrected chi connectivity index (χ2v) is 3.19. The highest BCUT2D eigenvalue weighted by atomic mass is 35.5. The highest BCUT2D eigenvalue weighted by Gasteiger charge is 2.05. The summed E-state index contributed by atoms with van der Waals surface area (Å²) in [4.78, 5) is 17.1. The normalized spacial score (nSPS) is 10.1. The number of benzene rings is 1. The van der Waals surface area contributed by atoms with Gasteiger partial charge in [0.05, 0.1) is 11.9 Å². The van der Waals surface area contributed by atoms with Crippen LogP contribution in [-0.4, -0.2) is 16.3 Å². The van der Waals surface area contributed by atoms with Gasteiger partial charge in [-0.2, -0.15) is 0 Å². The van der Waals surface area contributed by atoms with E-state index in [1.165, 1.54) is 0 Å². The van der Waals surface area contributed by atoms with Gasteiger partial charge in [0.2, 0.25) is 0 Å². The Balaban J connectivity index is 2.49. The summed E-state index contributed by atoms with van der Waals surface area (Å²) in [6.45, 7) is 0. The van der Waals surface area contributed by atoms with E-state index >= 15 is 0 Å². The lowest BCUT2D eigenvalue weighted by Crippen LogP contribution is -1.82. The Morgan fingerprint density at radius 2 is 2.14 bits per heavy atom. The zero-order valence-corrected chi connectivity index (χ0v) is 7.95. The van der Waals surface area contributed by atoms with Crippen molar-refractivity contribution in [1.29, 1.82) is 0 Å². The predicted molar refractivity (Wildman–Crippen MR) is 54.4 cm³/mol. The van der Waals surface area contributed by atoms with E-state index in [-0.39, 0.29) is 0 Å². The second kappa shape index (κ2) is 3.64. The number of carbonyl (C=O) groups excluding carboxylic acids is 1. The molecule has 2 rings (SSSR count). The van der Waals surface area contributed by atoms with Crippen LogP contribution in [0.5, 0.6) is 0 Å². The van der Waals surface area contributed by atoms with Gasteiger partial charge in [-0.15, -0.1) is 0 Å². The Hall–Kier alpha value is -1.61. The Bertz CT molecular complexity index is 465. The number of aldehydes is 1. The standard InChI is InChI=1S/C10H7ClN2O/c11-8-4-2-1-3-7(8)9-5-12-10(6-14)13-9/h1-6H,(H,12,13). The largest absolute Gasteiger partial charge is 0.336 e. The molecule has 0 radical (unpaired) electrons. The van der Waals surface area contributed by atoms with E-state index in [0.717, 1.165) is 11.3 Å². The molecule has 70 valence electrons. The highest BCUT2D eigenvalue weighted by Crippen LogP contribution is 2.25. The van der Waals surface area contributed by atoms with E-state index in [2.05, 4.69) is 9.97 Å². The maximum Gasteiger partial charge on any atom is 0.185 e.